The molecule has 0 saturated carbocycles. The number of phenolic OH excluding ortho intramolecular Hbond substituents is 1. The number of carbonyl (C=O) groups is 15. The van der Waals surface area contributed by atoms with Crippen molar-refractivity contribution in [2.24, 2.45) is 23.5 Å². The van der Waals surface area contributed by atoms with E-state index in [1.807, 2.05) is 0 Å². The maximum absolute atomic E-state index is 14.4. The maximum atomic E-state index is 14.4. The Kier molecular flexibility index (Phi) is 35.2. The molecule has 0 saturated heterocycles. The van der Waals surface area contributed by atoms with Gasteiger partial charge in [-0.3, -0.25) is 67.1 Å². The molecule has 0 fully saturated rings. The Labute approximate surface area is 578 Å². The second kappa shape index (κ2) is 40.9. The average Bonchev–Trinajstić information content (AvgIpc) is 0.855. The Morgan fingerprint density at radius 2 is 0.920 bits per heavy atom. The molecule has 0 radical (unpaired) electrons. The van der Waals surface area contributed by atoms with E-state index in [2.05, 4.69) is 63.8 Å². The number of rotatable bonds is 43. The van der Waals surface area contributed by atoms with Crippen molar-refractivity contribution < 1.29 is 108 Å². The van der Waals surface area contributed by atoms with Gasteiger partial charge in [-0.2, -0.15) is 0 Å². The molecule has 0 aliphatic rings. The molecule has 13 atom stereocenters. The molecule has 12 amide bonds. The van der Waals surface area contributed by atoms with Gasteiger partial charge in [0.15, 0.2) is 0 Å². The zero-order chi connectivity index (χ0) is 76.1. The lowest BCUT2D eigenvalue weighted by Gasteiger charge is -2.30. The average molecular weight is 1410 g/mol. The van der Waals surface area contributed by atoms with Crippen LogP contribution >= 0.6 is 0 Å². The van der Waals surface area contributed by atoms with Crippen molar-refractivity contribution in [1.82, 2.24) is 63.8 Å². The summed E-state index contributed by atoms with van der Waals surface area (Å²) in [6.07, 6.45) is -3.99. The number of carboxylic acid groups (broad SMARTS) is 3. The number of nitrogens with one attached hydrogen (secondary N) is 12. The summed E-state index contributed by atoms with van der Waals surface area (Å²) in [6.45, 7) is 12.6. The number of aliphatic carboxylic acids is 3. The zero-order valence-corrected chi connectivity index (χ0v) is 57.9. The molecule has 0 aliphatic carbocycles. The van der Waals surface area contributed by atoms with Crippen LogP contribution in [0.25, 0.3) is 0 Å². The minimum absolute atomic E-state index is 0.0118. The van der Waals surface area contributed by atoms with E-state index in [4.69, 9.17) is 5.73 Å². The van der Waals surface area contributed by atoms with E-state index in [1.165, 1.54) is 58.9 Å². The molecule has 0 unspecified atom stereocenters. The molecule has 35 heteroatoms. The standard InChI is InChI=1S/C65H99N13O22/c1-12-33(5)49(59(95)72-44(30-79)57(93)69-43(28-48(86)87)55(91)68-41(25-32(3)4)54(90)71-45(31-80)58(94)76-50(34(6)13-2)61(97)78-65(10,11)63(99)100)75-56(92)42(27-36-17-15-14-16-18-36)70-60(96)51(35(7)81)74-46(83)29-67-53(89)40(23-24-47(84)85)73-62(98)64(8,9)77-52(88)39(66)26-37-19-21-38(82)22-20-37/h14-22,32-35,39-45,49-51,79-82H,12-13,23-31,66H2,1-11H3,(H,67,89)(H,68,91)(H,69,93)(H,70,96)(H,71,90)(H,72,95)(H,73,98)(H,74,83)(H,75,92)(H,76,94)(H,77,88)(H,78,97)(H,84,85)(H,86,87)(H,99,100)/t33-,34-,35+,39-,40-,41-,42-,43-,44-,45-,49-,50-,51-/m0/s1. The summed E-state index contributed by atoms with van der Waals surface area (Å²) in [6, 6.07) is -2.64. The third-order valence-electron chi connectivity index (χ3n) is 16.0. The minimum Gasteiger partial charge on any atom is -0.508 e. The molecule has 0 aliphatic heterocycles. The number of carboxylic acids is 3. The van der Waals surface area contributed by atoms with Crippen LogP contribution < -0.4 is 69.5 Å². The molecule has 2 rings (SSSR count). The largest absolute Gasteiger partial charge is 0.508 e. The number of aromatic hydroxyl groups is 1. The second-order valence-corrected chi connectivity index (χ2v) is 25.8. The predicted molar refractivity (Wildman–Crippen MR) is 356 cm³/mol. The number of hydrogen-bond donors (Lipinski definition) is 20. The van der Waals surface area contributed by atoms with Gasteiger partial charge in [0.05, 0.1) is 38.3 Å². The maximum Gasteiger partial charge on any atom is 0.328 e. The Bertz CT molecular complexity index is 3190. The van der Waals surface area contributed by atoms with Crippen LogP contribution in [0.15, 0.2) is 54.6 Å². The number of aliphatic hydroxyl groups is 3. The number of amides is 12. The van der Waals surface area contributed by atoms with Crippen molar-refractivity contribution in [3.63, 3.8) is 0 Å². The predicted octanol–water partition coefficient (Wildman–Crippen LogP) is -4.30. The fraction of sp³-hybridized carbons (Fsp3) is 0.585. The van der Waals surface area contributed by atoms with Crippen molar-refractivity contribution in [1.29, 1.82) is 0 Å². The van der Waals surface area contributed by atoms with E-state index < -0.39 is 223 Å². The highest BCUT2D eigenvalue weighted by Crippen LogP contribution is 2.17. The molecule has 0 bridgehead atoms. The number of carbonyl (C=O) groups excluding carboxylic acids is 12. The van der Waals surface area contributed by atoms with Crippen molar-refractivity contribution >= 4 is 88.8 Å². The number of phenols is 1. The Hall–Kier alpha value is -9.87. The van der Waals surface area contributed by atoms with E-state index in [0.717, 1.165) is 6.92 Å². The second-order valence-electron chi connectivity index (χ2n) is 25.8. The normalized spacial score (nSPS) is 15.3. The van der Waals surface area contributed by atoms with Gasteiger partial charge in [-0.05, 0) is 94.9 Å². The monoisotopic (exact) mass is 1410 g/mol. The molecule has 0 spiro atoms. The first-order valence-electron chi connectivity index (χ1n) is 32.4. The van der Waals surface area contributed by atoms with Gasteiger partial charge in [0.25, 0.3) is 0 Å². The Balaban J connectivity index is 2.34. The van der Waals surface area contributed by atoms with Crippen LogP contribution in [0, 0.1) is 17.8 Å². The Morgan fingerprint density at radius 1 is 0.470 bits per heavy atom. The van der Waals surface area contributed by atoms with Crippen LogP contribution in [0.3, 0.4) is 0 Å². The van der Waals surface area contributed by atoms with Crippen LogP contribution in [-0.2, 0) is 84.8 Å². The Morgan fingerprint density at radius 3 is 1.42 bits per heavy atom. The number of hydrogen-bond acceptors (Lipinski definition) is 20. The van der Waals surface area contributed by atoms with Gasteiger partial charge in [-0.1, -0.05) is 96.8 Å². The third-order valence-corrected chi connectivity index (χ3v) is 16.0. The topological polar surface area (TPSA) is 568 Å². The summed E-state index contributed by atoms with van der Waals surface area (Å²) in [5, 5.41) is 98.0. The summed E-state index contributed by atoms with van der Waals surface area (Å²) in [7, 11) is 0. The number of nitrogens with two attached hydrogens (primary N) is 1. The van der Waals surface area contributed by atoms with E-state index in [9.17, 15) is 108 Å². The molecule has 35 nitrogen and oxygen atoms in total. The molecule has 556 valence electrons. The molecule has 2 aromatic carbocycles. The van der Waals surface area contributed by atoms with E-state index >= 15 is 0 Å². The molecule has 100 heavy (non-hydrogen) atoms. The van der Waals surface area contributed by atoms with E-state index in [-0.39, 0.29) is 31.4 Å². The molecule has 0 aromatic heterocycles. The fourth-order valence-electron chi connectivity index (χ4n) is 9.46. The minimum atomic E-state index is -2.03. The van der Waals surface area contributed by atoms with Crippen LogP contribution in [0.2, 0.25) is 0 Å². The number of aliphatic hydroxyl groups excluding tert-OH is 3. The van der Waals surface area contributed by atoms with Crippen molar-refractivity contribution in [2.75, 3.05) is 19.8 Å². The highest BCUT2D eigenvalue weighted by Gasteiger charge is 2.40. The SMILES string of the molecule is CC[C@H](C)[C@H](NC(=O)[C@H](Cc1ccccc1)NC(=O)[C@@H](NC(=O)CNC(=O)[C@H](CCC(=O)O)NC(=O)C(C)(C)NC(=O)[C@@H](N)Cc1ccc(O)cc1)[C@@H](C)O)C(=O)N[C@@H](CO)C(=O)N[C@@H](CC(=O)O)C(=O)N[C@@H](CC(C)C)C(=O)N[C@@H](CO)C(=O)N[C@H](C(=O)NC(C)(C)C(=O)O)[C@@H](C)CC. The number of benzene rings is 2. The molecule has 2 aromatic rings. The quantitative estimate of drug-likeness (QED) is 0.0299. The fourth-order valence-corrected chi connectivity index (χ4v) is 9.46. The van der Waals surface area contributed by atoms with E-state index in [1.54, 1.807) is 65.0 Å². The summed E-state index contributed by atoms with van der Waals surface area (Å²) >= 11 is 0. The zero-order valence-electron chi connectivity index (χ0n) is 57.9. The molecule has 0 heterocycles. The lowest BCUT2D eigenvalue weighted by molar-refractivity contribution is -0.147. The highest BCUT2D eigenvalue weighted by molar-refractivity contribution is 6.00. The molecule has 21 N–H and O–H groups in total. The van der Waals surface area contributed by atoms with Crippen molar-refractivity contribution in [3.05, 3.63) is 65.7 Å². The van der Waals surface area contributed by atoms with Gasteiger partial charge in [-0.15, -0.1) is 0 Å². The van der Waals surface area contributed by atoms with Crippen LogP contribution in [0.4, 0.5) is 0 Å². The lowest BCUT2D eigenvalue weighted by Crippen LogP contribution is -2.63. The summed E-state index contributed by atoms with van der Waals surface area (Å²) in [5.41, 5.74) is 3.60. The smallest absolute Gasteiger partial charge is 0.328 e. The summed E-state index contributed by atoms with van der Waals surface area (Å²) in [5.74, 6) is -19.1. The van der Waals surface area contributed by atoms with Crippen LogP contribution in [0.5, 0.6) is 5.75 Å². The van der Waals surface area contributed by atoms with Gasteiger partial charge in [-0.25, -0.2) is 4.79 Å². The first kappa shape index (κ1) is 86.2. The van der Waals surface area contributed by atoms with Crippen molar-refractivity contribution in [2.45, 2.75) is 205 Å². The van der Waals surface area contributed by atoms with Crippen LogP contribution in [0.1, 0.15) is 126 Å². The van der Waals surface area contributed by atoms with Gasteiger partial charge in [0, 0.05) is 12.8 Å². The first-order chi connectivity index (χ1) is 46.6. The molecular weight excluding hydrogens is 1310 g/mol. The molecular formula is C65H99N13O22. The summed E-state index contributed by atoms with van der Waals surface area (Å²) in [4.78, 5) is 200. The van der Waals surface area contributed by atoms with Crippen molar-refractivity contribution in [3.8, 4) is 5.75 Å². The lowest BCUT2D eigenvalue weighted by atomic mass is 9.96. The van der Waals surface area contributed by atoms with Crippen LogP contribution in [-0.4, -0.2) is 222 Å². The highest BCUT2D eigenvalue weighted by atomic mass is 16.4. The van der Waals surface area contributed by atoms with Gasteiger partial charge >= 0.3 is 17.9 Å². The summed E-state index contributed by atoms with van der Waals surface area (Å²) < 4.78 is 0. The van der Waals surface area contributed by atoms with Gasteiger partial charge in [0.2, 0.25) is 70.9 Å². The third kappa shape index (κ3) is 28.9. The van der Waals surface area contributed by atoms with Gasteiger partial charge < -0.3 is 105 Å². The van der Waals surface area contributed by atoms with Gasteiger partial charge in [0.1, 0.15) is 71.2 Å². The van der Waals surface area contributed by atoms with E-state index in [0.29, 0.717) is 17.5 Å². The first-order valence-corrected chi connectivity index (χ1v) is 32.4.